The number of anilines is 2. The van der Waals surface area contributed by atoms with Crippen LogP contribution in [0.1, 0.15) is 33.8 Å². The maximum absolute atomic E-state index is 13.7. The Hall–Kier alpha value is -3.89. The van der Waals surface area contributed by atoms with E-state index in [0.29, 0.717) is 10.8 Å². The van der Waals surface area contributed by atoms with Crippen molar-refractivity contribution in [2.75, 3.05) is 42.5 Å². The number of thiazole rings is 1. The lowest BCUT2D eigenvalue weighted by molar-refractivity contribution is -0.274. The van der Waals surface area contributed by atoms with Crippen LogP contribution in [0, 0.1) is 6.92 Å². The van der Waals surface area contributed by atoms with Gasteiger partial charge in [-0.3, -0.25) is 4.79 Å². The lowest BCUT2D eigenvalue weighted by Crippen LogP contribution is -2.60. The number of sulfonamides is 1. The highest BCUT2D eigenvalue weighted by molar-refractivity contribution is 7.89. The lowest BCUT2D eigenvalue weighted by atomic mass is 10.1. The lowest BCUT2D eigenvalue weighted by Gasteiger charge is -2.39. The van der Waals surface area contributed by atoms with E-state index in [1.165, 1.54) is 0 Å². The van der Waals surface area contributed by atoms with Gasteiger partial charge in [0.1, 0.15) is 16.7 Å². The molecule has 3 heterocycles. The van der Waals surface area contributed by atoms with Gasteiger partial charge in [0.05, 0.1) is 10.6 Å². The van der Waals surface area contributed by atoms with Crippen molar-refractivity contribution in [2.24, 2.45) is 0 Å². The van der Waals surface area contributed by atoms with Crippen molar-refractivity contribution in [3.63, 3.8) is 0 Å². The molecule has 0 bridgehead atoms. The Labute approximate surface area is 255 Å². The number of carbonyl (C=O) groups excluding carboxylic acids is 1. The van der Waals surface area contributed by atoms with Crippen LogP contribution in [0.25, 0.3) is 0 Å². The van der Waals surface area contributed by atoms with E-state index in [2.05, 4.69) is 19.9 Å². The summed E-state index contributed by atoms with van der Waals surface area (Å²) in [6.45, 7) is 3.48. The Morgan fingerprint density at radius 2 is 1.68 bits per heavy atom. The molecule has 0 radical (unpaired) electrons. The first-order chi connectivity index (χ1) is 20.8. The fraction of sp³-hybridized carbons (Fsp3) is 0.393. The molecule has 2 N–H and O–H groups in total. The van der Waals surface area contributed by atoms with E-state index in [9.17, 15) is 36.3 Å². The second kappa shape index (κ2) is 12.6. The average molecular weight is 654 g/mol. The maximum Gasteiger partial charge on any atom is 0.573 e. The number of aryl methyl sites for hydroxylation is 1. The molecule has 11 nitrogen and oxygen atoms in total. The molecular weight excluding hydrogens is 623 g/mol. The minimum absolute atomic E-state index is 0.0367. The Kier molecular flexibility index (Phi) is 9.04. The number of carboxylic acids is 1. The van der Waals surface area contributed by atoms with E-state index in [0.717, 1.165) is 77.1 Å². The number of hydrogen-bond donors (Lipinski definition) is 2. The Morgan fingerprint density at radius 3 is 2.27 bits per heavy atom. The second-order valence-electron chi connectivity index (χ2n) is 10.4. The second-order valence-corrected chi connectivity index (χ2v) is 13.3. The van der Waals surface area contributed by atoms with Gasteiger partial charge in [-0.25, -0.2) is 18.2 Å². The highest BCUT2D eigenvalue weighted by atomic mass is 32.2. The van der Waals surface area contributed by atoms with Crippen molar-refractivity contribution in [1.82, 2.24) is 14.6 Å². The molecule has 1 amide bonds. The topological polar surface area (TPSA) is 132 Å². The van der Waals surface area contributed by atoms with Gasteiger partial charge < -0.3 is 25.0 Å². The summed E-state index contributed by atoms with van der Waals surface area (Å²) < 4.78 is 70.1. The third-order valence-corrected chi connectivity index (χ3v) is 10.6. The van der Waals surface area contributed by atoms with Crippen molar-refractivity contribution < 1.29 is 41.0 Å². The van der Waals surface area contributed by atoms with E-state index in [-0.39, 0.29) is 36.0 Å². The minimum atomic E-state index is -4.94. The Bertz CT molecular complexity index is 1610. The summed E-state index contributed by atoms with van der Waals surface area (Å²) in [5.41, 5.74) is 2.20. The number of carboxylic acid groups (broad SMARTS) is 1. The molecule has 236 valence electrons. The minimum Gasteiger partial charge on any atom is -0.477 e. The van der Waals surface area contributed by atoms with Gasteiger partial charge in [0, 0.05) is 45.0 Å². The van der Waals surface area contributed by atoms with E-state index in [1.54, 1.807) is 11.8 Å². The molecule has 2 aromatic carbocycles. The van der Waals surface area contributed by atoms with Gasteiger partial charge in [-0.1, -0.05) is 23.5 Å². The van der Waals surface area contributed by atoms with E-state index in [4.69, 9.17) is 0 Å². The quantitative estimate of drug-likeness (QED) is 0.354. The summed E-state index contributed by atoms with van der Waals surface area (Å²) in [5, 5.41) is 12.6. The number of nitrogens with one attached hydrogen (secondary N) is 1. The maximum atomic E-state index is 13.7. The molecule has 2 saturated heterocycles. The van der Waals surface area contributed by atoms with Crippen LogP contribution in [0.3, 0.4) is 0 Å². The summed E-state index contributed by atoms with van der Waals surface area (Å²) in [7, 11) is -4.34. The van der Waals surface area contributed by atoms with Crippen molar-refractivity contribution in [3.05, 3.63) is 64.7 Å². The van der Waals surface area contributed by atoms with Crippen molar-refractivity contribution in [1.29, 1.82) is 0 Å². The SMILES string of the molecule is Cc1nc(N2CCN(S(=O)(=O)c3ccc(OC(F)(F)F)cc3)C(C(=O)NCc3ccc(N4CCCC4)cc3)C2)sc1C(=O)O. The third-order valence-electron chi connectivity index (χ3n) is 7.42. The first-order valence-electron chi connectivity index (χ1n) is 13.8. The number of carbonyl (C=O) groups is 2. The van der Waals surface area contributed by atoms with Gasteiger partial charge in [-0.05, 0) is 61.7 Å². The largest absolute Gasteiger partial charge is 0.573 e. The van der Waals surface area contributed by atoms with E-state index >= 15 is 0 Å². The number of aromatic nitrogens is 1. The molecule has 1 unspecified atom stereocenters. The van der Waals surface area contributed by atoms with Gasteiger partial charge in [-0.15, -0.1) is 13.2 Å². The van der Waals surface area contributed by atoms with Crippen molar-refractivity contribution >= 4 is 44.1 Å². The third kappa shape index (κ3) is 7.08. The highest BCUT2D eigenvalue weighted by Gasteiger charge is 2.41. The standard InChI is InChI=1S/C28H30F3N5O6S2/c1-18-24(26(38)39)43-27(33-18)35-14-15-36(44(40,41)22-10-8-21(9-11-22)42-28(29,30)31)23(17-35)25(37)32-16-19-4-6-20(7-5-19)34-12-2-3-13-34/h4-11,23H,2-3,12-17H2,1H3,(H,32,37)(H,38,39). The van der Waals surface area contributed by atoms with E-state index in [1.807, 2.05) is 24.3 Å². The fourth-order valence-corrected chi connectivity index (χ4v) is 7.72. The number of ether oxygens (including phenoxy) is 1. The van der Waals surface area contributed by atoms with Gasteiger partial charge in [0.25, 0.3) is 0 Å². The monoisotopic (exact) mass is 653 g/mol. The summed E-state index contributed by atoms with van der Waals surface area (Å²) >= 11 is 0.927. The average Bonchev–Trinajstić information content (AvgIpc) is 3.66. The normalized spacial score (nSPS) is 18.0. The smallest absolute Gasteiger partial charge is 0.477 e. The molecule has 0 aliphatic carbocycles. The first kappa shape index (κ1) is 31.5. The molecular formula is C28H30F3N5O6S2. The number of amides is 1. The molecule has 16 heteroatoms. The predicted molar refractivity (Wildman–Crippen MR) is 157 cm³/mol. The van der Waals surface area contributed by atoms with Crippen LogP contribution in [0.15, 0.2) is 53.4 Å². The van der Waals surface area contributed by atoms with E-state index < -0.39 is 40.1 Å². The van der Waals surface area contributed by atoms with Crippen LogP contribution in [-0.2, 0) is 21.4 Å². The van der Waals surface area contributed by atoms with Gasteiger partial charge >= 0.3 is 12.3 Å². The number of halogens is 3. The fourth-order valence-electron chi connectivity index (χ4n) is 5.21. The molecule has 1 aromatic heterocycles. The molecule has 5 rings (SSSR count). The van der Waals surface area contributed by atoms with Gasteiger partial charge in [0.15, 0.2) is 5.13 Å². The van der Waals surface area contributed by atoms with Crippen LogP contribution >= 0.6 is 11.3 Å². The predicted octanol–water partition coefficient (Wildman–Crippen LogP) is 3.84. The highest BCUT2D eigenvalue weighted by Crippen LogP contribution is 2.31. The Balaban J connectivity index is 1.37. The number of benzene rings is 2. The summed E-state index contributed by atoms with van der Waals surface area (Å²) in [5.74, 6) is -2.32. The van der Waals surface area contributed by atoms with Crippen LogP contribution in [0.2, 0.25) is 0 Å². The molecule has 2 aliphatic rings. The molecule has 3 aromatic rings. The first-order valence-corrected chi connectivity index (χ1v) is 16.0. The molecule has 1 atom stereocenters. The number of rotatable bonds is 9. The van der Waals surface area contributed by atoms with Crippen LogP contribution in [0.5, 0.6) is 5.75 Å². The number of hydrogen-bond acceptors (Lipinski definition) is 9. The number of piperazine rings is 1. The molecule has 44 heavy (non-hydrogen) atoms. The van der Waals surface area contributed by atoms with Gasteiger partial charge in [-0.2, -0.15) is 4.31 Å². The number of nitrogens with zero attached hydrogens (tertiary/aromatic N) is 4. The van der Waals surface area contributed by atoms with Crippen molar-refractivity contribution in [2.45, 2.75) is 43.6 Å². The van der Waals surface area contributed by atoms with Crippen molar-refractivity contribution in [3.8, 4) is 5.75 Å². The zero-order valence-corrected chi connectivity index (χ0v) is 25.2. The number of alkyl halides is 3. The zero-order chi connectivity index (χ0) is 31.6. The van der Waals surface area contributed by atoms with Gasteiger partial charge in [0.2, 0.25) is 15.9 Å². The zero-order valence-electron chi connectivity index (χ0n) is 23.6. The van der Waals surface area contributed by atoms with Crippen LogP contribution in [-0.4, -0.2) is 79.8 Å². The van der Waals surface area contributed by atoms with Crippen LogP contribution < -0.4 is 19.9 Å². The number of aromatic carboxylic acids is 1. The molecule has 2 fully saturated rings. The molecule has 0 spiro atoms. The van der Waals surface area contributed by atoms with Crippen LogP contribution in [0.4, 0.5) is 24.0 Å². The summed E-state index contributed by atoms with van der Waals surface area (Å²) in [4.78, 5) is 33.2. The molecule has 2 aliphatic heterocycles. The Morgan fingerprint density at radius 1 is 1.02 bits per heavy atom. The summed E-state index contributed by atoms with van der Waals surface area (Å²) in [6.07, 6.45) is -2.67. The summed E-state index contributed by atoms with van der Waals surface area (Å²) in [6, 6.07) is 10.3. The molecule has 0 saturated carbocycles.